The fourth-order valence-corrected chi connectivity index (χ4v) is 1.80. The van der Waals surface area contributed by atoms with Gasteiger partial charge in [-0.2, -0.15) is 0 Å². The minimum atomic E-state index is -0.231. The molecule has 1 aromatic rings. The van der Waals surface area contributed by atoms with E-state index in [-0.39, 0.29) is 51.8 Å². The van der Waals surface area contributed by atoms with Crippen LogP contribution >= 0.6 is 11.3 Å². The summed E-state index contributed by atoms with van der Waals surface area (Å²) in [6, 6.07) is 0. The van der Waals surface area contributed by atoms with Gasteiger partial charge in [0.2, 0.25) is 0 Å². The predicted molar refractivity (Wildman–Crippen MR) is 63.8 cm³/mol. The van der Waals surface area contributed by atoms with Gasteiger partial charge in [0, 0.05) is 37.6 Å². The first-order chi connectivity index (χ1) is 7.74. The molecule has 0 aromatic carbocycles. The van der Waals surface area contributed by atoms with Crippen molar-refractivity contribution < 1.29 is 42.2 Å². The molecule has 0 aliphatic heterocycles. The van der Waals surface area contributed by atoms with E-state index < -0.39 is 0 Å². The SMILES string of the molecule is Cc1ncsc1CCC(=O)OCC[NH-].[NH-]N.[Y]. The Bertz CT molecular complexity index is 309. The van der Waals surface area contributed by atoms with E-state index in [1.54, 1.807) is 16.8 Å². The average molecular weight is 333 g/mol. The molecule has 0 aliphatic carbocycles. The summed E-state index contributed by atoms with van der Waals surface area (Å²) in [5.74, 6) is 8.77. The Balaban J connectivity index is 0. The van der Waals surface area contributed by atoms with Crippen LogP contribution in [0.2, 0.25) is 0 Å². The number of thiazole rings is 1. The van der Waals surface area contributed by atoms with Crippen LogP contribution in [-0.4, -0.2) is 24.1 Å². The number of hydrogen-bond acceptors (Lipinski definition) is 5. The van der Waals surface area contributed by atoms with Crippen LogP contribution in [0.4, 0.5) is 0 Å². The molecule has 0 atom stereocenters. The van der Waals surface area contributed by atoms with Gasteiger partial charge in [0.25, 0.3) is 0 Å². The molecular formula is C9H16N4O2SY-2. The molecule has 0 unspecified atom stereocenters. The van der Waals surface area contributed by atoms with E-state index >= 15 is 0 Å². The van der Waals surface area contributed by atoms with Gasteiger partial charge < -0.3 is 22.2 Å². The number of aryl methyl sites for hydroxylation is 2. The van der Waals surface area contributed by atoms with E-state index in [1.165, 1.54) is 0 Å². The minimum Gasteiger partial charge on any atom is -0.675 e. The van der Waals surface area contributed by atoms with Crippen LogP contribution in [0.15, 0.2) is 5.51 Å². The largest absolute Gasteiger partial charge is 0.675 e. The van der Waals surface area contributed by atoms with Gasteiger partial charge in [-0.3, -0.25) is 4.79 Å². The van der Waals surface area contributed by atoms with Crippen molar-refractivity contribution in [3.05, 3.63) is 27.7 Å². The Morgan fingerprint density at radius 1 is 1.59 bits per heavy atom. The molecule has 1 heterocycles. The zero-order valence-electron chi connectivity index (χ0n) is 9.73. The van der Waals surface area contributed by atoms with Crippen molar-refractivity contribution in [2.75, 3.05) is 13.2 Å². The van der Waals surface area contributed by atoms with E-state index in [2.05, 4.69) is 10.8 Å². The van der Waals surface area contributed by atoms with E-state index in [0.717, 1.165) is 10.6 Å². The first-order valence-corrected chi connectivity index (χ1v) is 5.60. The topological polar surface area (TPSA) is 113 Å². The monoisotopic (exact) mass is 333 g/mol. The maximum absolute atomic E-state index is 11.1. The summed E-state index contributed by atoms with van der Waals surface area (Å²) in [6.45, 7) is 2.26. The van der Waals surface area contributed by atoms with Gasteiger partial charge in [0.15, 0.2) is 0 Å². The average Bonchev–Trinajstić information content (AvgIpc) is 2.72. The minimum absolute atomic E-state index is 0. The fourth-order valence-electron chi connectivity index (χ4n) is 1.02. The molecule has 1 radical (unpaired) electrons. The van der Waals surface area contributed by atoms with Crippen molar-refractivity contribution in [2.24, 2.45) is 5.84 Å². The van der Waals surface area contributed by atoms with Crippen LogP contribution in [0.5, 0.6) is 0 Å². The molecule has 0 spiro atoms. The van der Waals surface area contributed by atoms with E-state index in [1.807, 2.05) is 6.92 Å². The van der Waals surface area contributed by atoms with Gasteiger partial charge >= 0.3 is 5.97 Å². The van der Waals surface area contributed by atoms with Gasteiger partial charge in [-0.05, 0) is 13.3 Å². The molecule has 4 N–H and O–H groups in total. The second-order valence-corrected chi connectivity index (χ2v) is 3.77. The number of hydrogen-bond donors (Lipinski definition) is 1. The number of ether oxygens (including phenoxy) is 1. The molecule has 0 aliphatic rings. The molecule has 0 bridgehead atoms. The summed E-state index contributed by atoms with van der Waals surface area (Å²) < 4.78 is 4.79. The van der Waals surface area contributed by atoms with Crippen molar-refractivity contribution in [1.82, 2.24) is 4.98 Å². The van der Waals surface area contributed by atoms with Crippen LogP contribution in [0.25, 0.3) is 11.6 Å². The molecule has 0 fully saturated rings. The summed E-state index contributed by atoms with van der Waals surface area (Å²) >= 11 is 1.56. The third-order valence-electron chi connectivity index (χ3n) is 1.77. The zero-order chi connectivity index (χ0) is 12.4. The molecule has 6 nitrogen and oxygen atoms in total. The standard InChI is InChI=1S/C9H13N2O2S.H3N2.Y/c1-7-8(14-6-11-7)2-3-9(12)13-5-4-10;1-2;/h6,10H,2-5H2,1H3;1H,2H2;/q2*-1;. The zero-order valence-corrected chi connectivity index (χ0v) is 13.4. The maximum atomic E-state index is 11.1. The molecule has 95 valence electrons. The van der Waals surface area contributed by atoms with Crippen LogP contribution in [0, 0.1) is 6.92 Å². The van der Waals surface area contributed by atoms with Crippen molar-refractivity contribution in [3.63, 3.8) is 0 Å². The first-order valence-electron chi connectivity index (χ1n) is 4.72. The summed E-state index contributed by atoms with van der Waals surface area (Å²) in [5, 5.41) is 0. The normalized spacial score (nSPS) is 8.71. The van der Waals surface area contributed by atoms with Gasteiger partial charge in [-0.15, -0.1) is 17.9 Å². The third-order valence-corrected chi connectivity index (χ3v) is 2.76. The fraction of sp³-hybridized carbons (Fsp3) is 0.556. The molecule has 0 saturated heterocycles. The van der Waals surface area contributed by atoms with Crippen LogP contribution < -0.4 is 5.84 Å². The second-order valence-electron chi connectivity index (χ2n) is 2.83. The van der Waals surface area contributed by atoms with Crippen LogP contribution in [-0.2, 0) is 48.7 Å². The third kappa shape index (κ3) is 8.76. The number of carbonyl (C=O) groups is 1. The summed E-state index contributed by atoms with van der Waals surface area (Å²) in [5.41, 5.74) is 9.58. The number of rotatable bonds is 5. The number of aromatic nitrogens is 1. The first kappa shape index (κ1) is 19.4. The Morgan fingerprint density at radius 2 is 2.24 bits per heavy atom. The molecule has 1 aromatic heterocycles. The molecule has 0 amide bonds. The van der Waals surface area contributed by atoms with E-state index in [0.29, 0.717) is 12.8 Å². The molecule has 17 heavy (non-hydrogen) atoms. The van der Waals surface area contributed by atoms with E-state index in [4.69, 9.17) is 16.3 Å². The van der Waals surface area contributed by atoms with Crippen molar-refractivity contribution in [1.29, 1.82) is 0 Å². The van der Waals surface area contributed by atoms with E-state index in [9.17, 15) is 4.79 Å². The number of esters is 1. The Morgan fingerprint density at radius 3 is 2.71 bits per heavy atom. The van der Waals surface area contributed by atoms with Gasteiger partial charge in [-0.1, -0.05) is 0 Å². The van der Waals surface area contributed by atoms with Crippen LogP contribution in [0.1, 0.15) is 17.0 Å². The maximum Gasteiger partial charge on any atom is 0.306 e. The van der Waals surface area contributed by atoms with Crippen molar-refractivity contribution in [3.8, 4) is 0 Å². The summed E-state index contributed by atoms with van der Waals surface area (Å²) in [6.07, 6.45) is 1.07. The van der Waals surface area contributed by atoms with Gasteiger partial charge in [-0.25, -0.2) is 4.98 Å². The van der Waals surface area contributed by atoms with Crippen molar-refractivity contribution >= 4 is 17.3 Å². The molecule has 1 rings (SSSR count). The summed E-state index contributed by atoms with van der Waals surface area (Å²) in [7, 11) is 0. The van der Waals surface area contributed by atoms with Gasteiger partial charge in [0.05, 0.1) is 24.2 Å². The molecular weight excluding hydrogens is 317 g/mol. The number of nitrogens with one attached hydrogen (secondary N) is 2. The summed E-state index contributed by atoms with van der Waals surface area (Å²) in [4.78, 5) is 16.3. The quantitative estimate of drug-likeness (QED) is 0.503. The Labute approximate surface area is 130 Å². The second kappa shape index (κ2) is 12.5. The predicted octanol–water partition coefficient (Wildman–Crippen LogP) is 1.89. The Hall–Kier alpha value is 0.0839. The Kier molecular flexibility index (Phi) is 14.3. The van der Waals surface area contributed by atoms with Crippen molar-refractivity contribution in [2.45, 2.75) is 19.8 Å². The molecule has 0 saturated carbocycles. The van der Waals surface area contributed by atoms with Crippen LogP contribution in [0.3, 0.4) is 0 Å². The number of nitrogens with two attached hydrogens (primary N) is 1. The molecule has 8 heteroatoms. The number of nitrogens with zero attached hydrogens (tertiary/aromatic N) is 1. The van der Waals surface area contributed by atoms with Gasteiger partial charge in [0.1, 0.15) is 0 Å². The number of carbonyl (C=O) groups excluding carboxylic acids is 1. The smallest absolute Gasteiger partial charge is 0.306 e.